The van der Waals surface area contributed by atoms with E-state index in [1.807, 2.05) is 24.3 Å². The smallest absolute Gasteiger partial charge is 0.225 e. The van der Waals surface area contributed by atoms with Crippen LogP contribution in [0.15, 0.2) is 24.3 Å². The maximum Gasteiger partial charge on any atom is 0.225 e. The SMILES string of the molecule is COc1ccccc1CC(=O)NC1(CN)CCCC1. The van der Waals surface area contributed by atoms with Crippen molar-refractivity contribution in [3.05, 3.63) is 29.8 Å². The Morgan fingerprint density at radius 2 is 2.05 bits per heavy atom. The average Bonchev–Trinajstić information content (AvgIpc) is 2.88. The second kappa shape index (κ2) is 6.06. The van der Waals surface area contributed by atoms with Gasteiger partial charge >= 0.3 is 0 Å². The van der Waals surface area contributed by atoms with Crippen LogP contribution in [0.1, 0.15) is 31.2 Å². The van der Waals surface area contributed by atoms with Gasteiger partial charge in [0.05, 0.1) is 19.1 Å². The molecule has 1 aliphatic rings. The van der Waals surface area contributed by atoms with Gasteiger partial charge in [-0.1, -0.05) is 31.0 Å². The molecule has 0 saturated heterocycles. The van der Waals surface area contributed by atoms with Gasteiger partial charge in [-0.05, 0) is 18.9 Å². The summed E-state index contributed by atoms with van der Waals surface area (Å²) in [5.74, 6) is 0.780. The van der Waals surface area contributed by atoms with Gasteiger partial charge in [0.15, 0.2) is 0 Å². The van der Waals surface area contributed by atoms with Gasteiger partial charge in [-0.2, -0.15) is 0 Å². The largest absolute Gasteiger partial charge is 0.496 e. The van der Waals surface area contributed by atoms with Gasteiger partial charge in [0.2, 0.25) is 5.91 Å². The van der Waals surface area contributed by atoms with E-state index < -0.39 is 0 Å². The molecule has 0 spiro atoms. The van der Waals surface area contributed by atoms with E-state index in [-0.39, 0.29) is 11.4 Å². The number of ether oxygens (including phenoxy) is 1. The van der Waals surface area contributed by atoms with Gasteiger partial charge in [-0.15, -0.1) is 0 Å². The Kier molecular flexibility index (Phi) is 4.43. The number of nitrogens with one attached hydrogen (secondary N) is 1. The van der Waals surface area contributed by atoms with Crippen molar-refractivity contribution in [1.29, 1.82) is 0 Å². The van der Waals surface area contributed by atoms with Crippen LogP contribution >= 0.6 is 0 Å². The standard InChI is InChI=1S/C15H22N2O2/c1-19-13-7-3-2-6-12(13)10-14(18)17-15(11-16)8-4-5-9-15/h2-3,6-7H,4-5,8-11,16H2,1H3,(H,17,18). The predicted molar refractivity (Wildman–Crippen MR) is 75.1 cm³/mol. The topological polar surface area (TPSA) is 64.3 Å². The van der Waals surface area contributed by atoms with Gasteiger partial charge in [0, 0.05) is 12.1 Å². The highest BCUT2D eigenvalue weighted by atomic mass is 16.5. The predicted octanol–water partition coefficient (Wildman–Crippen LogP) is 1.63. The number of hydrogen-bond donors (Lipinski definition) is 2. The molecule has 2 rings (SSSR count). The molecule has 0 atom stereocenters. The van der Waals surface area contributed by atoms with Crippen molar-refractivity contribution < 1.29 is 9.53 Å². The molecule has 0 aromatic heterocycles. The van der Waals surface area contributed by atoms with E-state index in [2.05, 4.69) is 5.32 Å². The first-order valence-corrected chi connectivity index (χ1v) is 6.82. The van der Waals surface area contributed by atoms with Crippen LogP contribution in [-0.4, -0.2) is 25.1 Å². The zero-order chi connectivity index (χ0) is 13.7. The third-order valence-electron chi connectivity index (χ3n) is 3.90. The number of methoxy groups -OCH3 is 1. The Morgan fingerprint density at radius 3 is 2.68 bits per heavy atom. The molecule has 1 aromatic rings. The fourth-order valence-corrected chi connectivity index (χ4v) is 2.79. The van der Waals surface area contributed by atoms with Crippen LogP contribution in [0.3, 0.4) is 0 Å². The van der Waals surface area contributed by atoms with Crippen molar-refractivity contribution >= 4 is 5.91 Å². The van der Waals surface area contributed by atoms with E-state index in [0.717, 1.165) is 37.0 Å². The normalized spacial score (nSPS) is 17.2. The second-order valence-corrected chi connectivity index (χ2v) is 5.23. The Labute approximate surface area is 114 Å². The van der Waals surface area contributed by atoms with Crippen molar-refractivity contribution in [3.63, 3.8) is 0 Å². The number of hydrogen-bond acceptors (Lipinski definition) is 3. The van der Waals surface area contributed by atoms with Crippen molar-refractivity contribution in [2.45, 2.75) is 37.6 Å². The fourth-order valence-electron chi connectivity index (χ4n) is 2.79. The van der Waals surface area contributed by atoms with E-state index in [0.29, 0.717) is 13.0 Å². The number of benzene rings is 1. The molecule has 0 radical (unpaired) electrons. The van der Waals surface area contributed by atoms with Gasteiger partial charge in [-0.3, -0.25) is 4.79 Å². The summed E-state index contributed by atoms with van der Waals surface area (Å²) in [5.41, 5.74) is 6.56. The maximum absolute atomic E-state index is 12.2. The van der Waals surface area contributed by atoms with E-state index in [1.165, 1.54) is 0 Å². The lowest BCUT2D eigenvalue weighted by Crippen LogP contribution is -2.52. The number of amides is 1. The quantitative estimate of drug-likeness (QED) is 0.847. The number of nitrogens with two attached hydrogens (primary N) is 1. The van der Waals surface area contributed by atoms with Gasteiger partial charge < -0.3 is 15.8 Å². The molecule has 4 nitrogen and oxygen atoms in total. The highest BCUT2D eigenvalue weighted by Crippen LogP contribution is 2.29. The minimum Gasteiger partial charge on any atom is -0.496 e. The molecule has 1 saturated carbocycles. The Balaban J connectivity index is 2.01. The van der Waals surface area contributed by atoms with E-state index >= 15 is 0 Å². The molecule has 4 heteroatoms. The van der Waals surface area contributed by atoms with E-state index in [9.17, 15) is 4.79 Å². The third-order valence-corrected chi connectivity index (χ3v) is 3.90. The average molecular weight is 262 g/mol. The minimum absolute atomic E-state index is 0.0249. The lowest BCUT2D eigenvalue weighted by molar-refractivity contribution is -0.122. The summed E-state index contributed by atoms with van der Waals surface area (Å²) in [6, 6.07) is 7.61. The van der Waals surface area contributed by atoms with Gasteiger partial charge in [0.1, 0.15) is 5.75 Å². The number of carbonyl (C=O) groups is 1. The van der Waals surface area contributed by atoms with Crippen LogP contribution in [0.25, 0.3) is 0 Å². The Hall–Kier alpha value is -1.55. The zero-order valence-electron chi connectivity index (χ0n) is 11.4. The van der Waals surface area contributed by atoms with Crippen LogP contribution in [0.5, 0.6) is 5.75 Å². The monoisotopic (exact) mass is 262 g/mol. The van der Waals surface area contributed by atoms with Crippen LogP contribution in [-0.2, 0) is 11.2 Å². The van der Waals surface area contributed by atoms with E-state index in [1.54, 1.807) is 7.11 Å². The molecule has 1 amide bonds. The van der Waals surface area contributed by atoms with Crippen LogP contribution in [0.2, 0.25) is 0 Å². The van der Waals surface area contributed by atoms with Crippen molar-refractivity contribution in [1.82, 2.24) is 5.32 Å². The fraction of sp³-hybridized carbons (Fsp3) is 0.533. The molecule has 0 bridgehead atoms. The molecule has 1 aliphatic carbocycles. The number of para-hydroxylation sites is 1. The lowest BCUT2D eigenvalue weighted by atomic mass is 9.97. The molecule has 0 unspecified atom stereocenters. The summed E-state index contributed by atoms with van der Waals surface area (Å²) in [6.45, 7) is 0.519. The molecule has 3 N–H and O–H groups in total. The van der Waals surface area contributed by atoms with Crippen LogP contribution in [0.4, 0.5) is 0 Å². The van der Waals surface area contributed by atoms with Crippen molar-refractivity contribution in [3.8, 4) is 5.75 Å². The molecule has 104 valence electrons. The second-order valence-electron chi connectivity index (χ2n) is 5.23. The lowest BCUT2D eigenvalue weighted by Gasteiger charge is -2.28. The van der Waals surface area contributed by atoms with Crippen LogP contribution < -0.4 is 15.8 Å². The first kappa shape index (κ1) is 13.9. The highest BCUT2D eigenvalue weighted by Gasteiger charge is 2.33. The van der Waals surface area contributed by atoms with Crippen LogP contribution in [0, 0.1) is 0 Å². The first-order chi connectivity index (χ1) is 9.19. The molecule has 1 fully saturated rings. The third kappa shape index (κ3) is 3.26. The summed E-state index contributed by atoms with van der Waals surface area (Å²) >= 11 is 0. The van der Waals surface area contributed by atoms with Gasteiger partial charge in [-0.25, -0.2) is 0 Å². The van der Waals surface area contributed by atoms with Crippen molar-refractivity contribution in [2.75, 3.05) is 13.7 Å². The maximum atomic E-state index is 12.2. The zero-order valence-corrected chi connectivity index (χ0v) is 11.4. The summed E-state index contributed by atoms with van der Waals surface area (Å²) in [5, 5.41) is 3.12. The molecule has 0 aliphatic heterocycles. The first-order valence-electron chi connectivity index (χ1n) is 6.82. The molecular weight excluding hydrogens is 240 g/mol. The molecule has 0 heterocycles. The summed E-state index contributed by atoms with van der Waals surface area (Å²) in [4.78, 5) is 12.2. The molecule has 1 aromatic carbocycles. The number of carbonyl (C=O) groups excluding carboxylic acids is 1. The summed E-state index contributed by atoms with van der Waals surface area (Å²) in [6.07, 6.45) is 4.60. The number of rotatable bonds is 5. The summed E-state index contributed by atoms with van der Waals surface area (Å²) in [7, 11) is 1.62. The Bertz CT molecular complexity index is 440. The van der Waals surface area contributed by atoms with Gasteiger partial charge in [0.25, 0.3) is 0 Å². The molecular formula is C15H22N2O2. The van der Waals surface area contributed by atoms with Crippen molar-refractivity contribution in [2.24, 2.45) is 5.73 Å². The minimum atomic E-state index is -0.181. The highest BCUT2D eigenvalue weighted by molar-refractivity contribution is 5.80. The molecule has 19 heavy (non-hydrogen) atoms. The summed E-state index contributed by atoms with van der Waals surface area (Å²) < 4.78 is 5.26. The van der Waals surface area contributed by atoms with E-state index in [4.69, 9.17) is 10.5 Å². The Morgan fingerprint density at radius 1 is 1.37 bits per heavy atom.